The fraction of sp³-hybridized carbons (Fsp3) is 0.571. The number of piperazine rings is 1. The van der Waals surface area contributed by atoms with Crippen LogP contribution in [0.5, 0.6) is 0 Å². The lowest BCUT2D eigenvalue weighted by molar-refractivity contribution is 0.0881. The van der Waals surface area contributed by atoms with Gasteiger partial charge in [0, 0.05) is 38.8 Å². The highest BCUT2D eigenvalue weighted by atomic mass is 16.3. The zero-order valence-electron chi connectivity index (χ0n) is 11.0. The van der Waals surface area contributed by atoms with Crippen molar-refractivity contribution in [2.75, 3.05) is 33.2 Å². The summed E-state index contributed by atoms with van der Waals surface area (Å²) in [4.78, 5) is 4.79. The lowest BCUT2D eigenvalue weighted by atomic mass is 10.1. The normalized spacial score (nSPS) is 22.3. The number of hydrogen-bond acceptors (Lipinski definition) is 4. The summed E-state index contributed by atoms with van der Waals surface area (Å²) in [6, 6.07) is 8.61. The maximum atomic E-state index is 9.03. The lowest BCUT2D eigenvalue weighted by Crippen LogP contribution is -2.54. The molecule has 1 saturated heterocycles. The molecule has 0 radical (unpaired) electrons. The molecule has 0 aliphatic carbocycles. The minimum Gasteiger partial charge on any atom is -0.392 e. The van der Waals surface area contributed by atoms with Crippen molar-refractivity contribution in [1.82, 2.24) is 9.80 Å². The van der Waals surface area contributed by atoms with Gasteiger partial charge < -0.3 is 15.7 Å². The van der Waals surface area contributed by atoms with Crippen molar-refractivity contribution in [2.45, 2.75) is 19.2 Å². The van der Waals surface area contributed by atoms with Gasteiger partial charge in [-0.3, -0.25) is 4.90 Å². The third kappa shape index (κ3) is 3.29. The van der Waals surface area contributed by atoms with Crippen LogP contribution in [0.1, 0.15) is 11.1 Å². The van der Waals surface area contributed by atoms with Gasteiger partial charge in [-0.2, -0.15) is 0 Å². The summed E-state index contributed by atoms with van der Waals surface area (Å²) < 4.78 is 0. The molecule has 18 heavy (non-hydrogen) atoms. The summed E-state index contributed by atoms with van der Waals surface area (Å²) >= 11 is 0. The van der Waals surface area contributed by atoms with E-state index in [4.69, 9.17) is 10.8 Å². The van der Waals surface area contributed by atoms with Crippen molar-refractivity contribution in [3.8, 4) is 0 Å². The molecule has 1 aliphatic rings. The smallest absolute Gasteiger partial charge is 0.0681 e. The zero-order valence-corrected chi connectivity index (χ0v) is 11.0. The largest absolute Gasteiger partial charge is 0.392 e. The van der Waals surface area contributed by atoms with Crippen molar-refractivity contribution in [1.29, 1.82) is 0 Å². The average Bonchev–Trinajstić information content (AvgIpc) is 2.41. The average molecular weight is 249 g/mol. The first-order valence-corrected chi connectivity index (χ1v) is 6.54. The van der Waals surface area contributed by atoms with Crippen LogP contribution in [-0.4, -0.2) is 54.2 Å². The molecule has 0 saturated carbocycles. The maximum absolute atomic E-state index is 9.03. The van der Waals surface area contributed by atoms with E-state index in [1.807, 2.05) is 12.1 Å². The Morgan fingerprint density at radius 3 is 2.50 bits per heavy atom. The fourth-order valence-electron chi connectivity index (χ4n) is 2.46. The second-order valence-electron chi connectivity index (χ2n) is 5.10. The van der Waals surface area contributed by atoms with Crippen molar-refractivity contribution < 1.29 is 5.11 Å². The van der Waals surface area contributed by atoms with E-state index in [-0.39, 0.29) is 6.61 Å². The number of nitrogens with zero attached hydrogens (tertiary/aromatic N) is 2. The van der Waals surface area contributed by atoms with Gasteiger partial charge in [-0.1, -0.05) is 24.3 Å². The van der Waals surface area contributed by atoms with E-state index < -0.39 is 0 Å². The van der Waals surface area contributed by atoms with Crippen LogP contribution in [0.2, 0.25) is 0 Å². The molecule has 1 aromatic rings. The molecule has 100 valence electrons. The van der Waals surface area contributed by atoms with Gasteiger partial charge in [0.05, 0.1) is 6.61 Å². The van der Waals surface area contributed by atoms with Gasteiger partial charge in [0.15, 0.2) is 0 Å². The number of hydrogen-bond donors (Lipinski definition) is 2. The molecule has 0 spiro atoms. The Labute approximate surface area is 109 Å². The first kappa shape index (κ1) is 13.5. The topological polar surface area (TPSA) is 52.7 Å². The molecule has 0 aromatic heterocycles. The van der Waals surface area contributed by atoms with Gasteiger partial charge in [-0.05, 0) is 18.2 Å². The van der Waals surface area contributed by atoms with Gasteiger partial charge in [0.25, 0.3) is 0 Å². The summed E-state index contributed by atoms with van der Waals surface area (Å²) in [7, 11) is 2.15. The number of aliphatic hydroxyl groups is 1. The minimum atomic E-state index is 0.111. The molecule has 1 aliphatic heterocycles. The lowest BCUT2D eigenvalue weighted by Gasteiger charge is -2.39. The van der Waals surface area contributed by atoms with E-state index in [0.29, 0.717) is 12.6 Å². The molecule has 1 aromatic carbocycles. The van der Waals surface area contributed by atoms with E-state index in [2.05, 4.69) is 29.0 Å². The number of benzene rings is 1. The van der Waals surface area contributed by atoms with E-state index in [1.54, 1.807) is 0 Å². The molecule has 2 rings (SSSR count). The van der Waals surface area contributed by atoms with Crippen LogP contribution in [0, 0.1) is 0 Å². The van der Waals surface area contributed by atoms with Gasteiger partial charge in [0.1, 0.15) is 0 Å². The molecule has 4 heteroatoms. The third-order valence-corrected chi connectivity index (χ3v) is 3.67. The standard InChI is InChI=1S/C14H23N3O/c1-16-6-7-17(14(8-15)10-16)9-12-2-4-13(11-18)5-3-12/h2-5,14,18H,6-11,15H2,1H3. The van der Waals surface area contributed by atoms with E-state index >= 15 is 0 Å². The predicted octanol–water partition coefficient (Wildman–Crippen LogP) is 0.254. The van der Waals surface area contributed by atoms with Crippen LogP contribution in [-0.2, 0) is 13.2 Å². The van der Waals surface area contributed by atoms with E-state index in [9.17, 15) is 0 Å². The SMILES string of the molecule is CN1CCN(Cc2ccc(CO)cc2)C(CN)C1. The maximum Gasteiger partial charge on any atom is 0.0681 e. The molecule has 4 nitrogen and oxygen atoms in total. The minimum absolute atomic E-state index is 0.111. The second-order valence-corrected chi connectivity index (χ2v) is 5.10. The monoisotopic (exact) mass is 249 g/mol. The second kappa shape index (κ2) is 6.29. The molecule has 1 heterocycles. The summed E-state index contributed by atoms with van der Waals surface area (Å²) in [5, 5.41) is 9.03. The zero-order chi connectivity index (χ0) is 13.0. The molecule has 1 fully saturated rings. The highest BCUT2D eigenvalue weighted by molar-refractivity contribution is 5.22. The van der Waals surface area contributed by atoms with Crippen LogP contribution in [0.15, 0.2) is 24.3 Å². The first-order chi connectivity index (χ1) is 8.72. The Hall–Kier alpha value is -0.940. The highest BCUT2D eigenvalue weighted by Crippen LogP contribution is 2.13. The first-order valence-electron chi connectivity index (χ1n) is 6.54. The van der Waals surface area contributed by atoms with Crippen molar-refractivity contribution in [3.63, 3.8) is 0 Å². The summed E-state index contributed by atoms with van der Waals surface area (Å²) in [5.41, 5.74) is 8.11. The predicted molar refractivity (Wildman–Crippen MR) is 73.1 cm³/mol. The van der Waals surface area contributed by atoms with Crippen LogP contribution in [0.3, 0.4) is 0 Å². The number of likely N-dealkylation sites (N-methyl/N-ethyl adjacent to an activating group) is 1. The Bertz CT molecular complexity index is 366. The third-order valence-electron chi connectivity index (χ3n) is 3.67. The molecule has 0 amide bonds. The Morgan fingerprint density at radius 1 is 1.22 bits per heavy atom. The van der Waals surface area contributed by atoms with Crippen LogP contribution >= 0.6 is 0 Å². The number of rotatable bonds is 4. The Kier molecular flexibility index (Phi) is 4.72. The van der Waals surface area contributed by atoms with Crippen LogP contribution in [0.25, 0.3) is 0 Å². The highest BCUT2D eigenvalue weighted by Gasteiger charge is 2.23. The molecule has 1 atom stereocenters. The van der Waals surface area contributed by atoms with Gasteiger partial charge in [-0.25, -0.2) is 0 Å². The van der Waals surface area contributed by atoms with Gasteiger partial charge >= 0.3 is 0 Å². The van der Waals surface area contributed by atoms with E-state index in [1.165, 1.54) is 5.56 Å². The molecular formula is C14H23N3O. The Balaban J connectivity index is 1.98. The summed E-state index contributed by atoms with van der Waals surface area (Å²) in [5.74, 6) is 0. The quantitative estimate of drug-likeness (QED) is 0.803. The van der Waals surface area contributed by atoms with Crippen molar-refractivity contribution in [3.05, 3.63) is 35.4 Å². The molecule has 0 bridgehead atoms. The van der Waals surface area contributed by atoms with Gasteiger partial charge in [0.2, 0.25) is 0 Å². The summed E-state index contributed by atoms with van der Waals surface area (Å²) in [6.07, 6.45) is 0. The van der Waals surface area contributed by atoms with Crippen molar-refractivity contribution in [2.24, 2.45) is 5.73 Å². The van der Waals surface area contributed by atoms with Crippen LogP contribution < -0.4 is 5.73 Å². The number of aliphatic hydroxyl groups excluding tert-OH is 1. The van der Waals surface area contributed by atoms with Crippen molar-refractivity contribution >= 4 is 0 Å². The van der Waals surface area contributed by atoms with E-state index in [0.717, 1.165) is 31.7 Å². The van der Waals surface area contributed by atoms with Gasteiger partial charge in [-0.15, -0.1) is 0 Å². The molecular weight excluding hydrogens is 226 g/mol. The molecule has 3 N–H and O–H groups in total. The fourth-order valence-corrected chi connectivity index (χ4v) is 2.46. The summed E-state index contributed by atoms with van der Waals surface area (Å²) in [6.45, 7) is 4.98. The van der Waals surface area contributed by atoms with Crippen LogP contribution in [0.4, 0.5) is 0 Å². The molecule has 1 unspecified atom stereocenters. The Morgan fingerprint density at radius 2 is 1.89 bits per heavy atom. The number of nitrogens with two attached hydrogens (primary N) is 1.